The Morgan fingerprint density at radius 3 is 3.00 bits per heavy atom. The standard InChI is InChI=1S/C10H7ClO2S/c11-4-7-3-6-1-2-14-10(6)8(5-12)9(7)13/h1-3,5,13H,4H2. The number of rotatable bonds is 2. The number of carbonyl (C=O) groups excluding carboxylic acids is 1. The van der Waals surface area contributed by atoms with Gasteiger partial charge >= 0.3 is 0 Å². The molecule has 2 nitrogen and oxygen atoms in total. The van der Waals surface area contributed by atoms with Crippen LogP contribution in [-0.4, -0.2) is 11.4 Å². The molecule has 1 heterocycles. The molecular formula is C10H7ClO2S. The number of aromatic hydroxyl groups is 1. The second-order valence-corrected chi connectivity index (χ2v) is 4.07. The molecule has 1 aromatic carbocycles. The van der Waals surface area contributed by atoms with Crippen molar-refractivity contribution in [1.82, 2.24) is 0 Å². The van der Waals surface area contributed by atoms with Crippen LogP contribution < -0.4 is 0 Å². The molecule has 0 bridgehead atoms. The number of halogens is 1. The number of carbonyl (C=O) groups is 1. The van der Waals surface area contributed by atoms with Crippen LogP contribution in [0.5, 0.6) is 5.75 Å². The van der Waals surface area contributed by atoms with Gasteiger partial charge in [0.1, 0.15) is 5.75 Å². The third kappa shape index (κ3) is 1.29. The summed E-state index contributed by atoms with van der Waals surface area (Å²) >= 11 is 7.09. The summed E-state index contributed by atoms with van der Waals surface area (Å²) in [5.74, 6) is 0.211. The van der Waals surface area contributed by atoms with Gasteiger partial charge in [-0.2, -0.15) is 0 Å². The van der Waals surface area contributed by atoms with Crippen molar-refractivity contribution < 1.29 is 9.90 Å². The van der Waals surface area contributed by atoms with Crippen LogP contribution in [0.2, 0.25) is 0 Å². The van der Waals surface area contributed by atoms with E-state index in [0.29, 0.717) is 17.4 Å². The summed E-state index contributed by atoms with van der Waals surface area (Å²) < 4.78 is 0.811. The Labute approximate surface area is 89.7 Å². The molecule has 1 aromatic heterocycles. The maximum Gasteiger partial charge on any atom is 0.155 e. The lowest BCUT2D eigenvalue weighted by Gasteiger charge is -2.04. The molecule has 0 aliphatic carbocycles. The molecule has 2 aromatic rings. The molecule has 0 saturated carbocycles. The highest BCUT2D eigenvalue weighted by molar-refractivity contribution is 7.17. The van der Waals surface area contributed by atoms with Gasteiger partial charge in [-0.1, -0.05) is 0 Å². The fourth-order valence-electron chi connectivity index (χ4n) is 1.40. The van der Waals surface area contributed by atoms with Gasteiger partial charge in [0.05, 0.1) is 11.4 Å². The lowest BCUT2D eigenvalue weighted by atomic mass is 10.1. The Morgan fingerprint density at radius 1 is 1.57 bits per heavy atom. The van der Waals surface area contributed by atoms with Crippen molar-refractivity contribution in [3.63, 3.8) is 0 Å². The van der Waals surface area contributed by atoms with Gasteiger partial charge in [-0.3, -0.25) is 4.79 Å². The molecule has 72 valence electrons. The lowest BCUT2D eigenvalue weighted by Crippen LogP contribution is -1.87. The van der Waals surface area contributed by atoms with E-state index in [4.69, 9.17) is 11.6 Å². The van der Waals surface area contributed by atoms with Crippen molar-refractivity contribution in [2.45, 2.75) is 5.88 Å². The number of thiophene rings is 1. The first-order chi connectivity index (χ1) is 6.77. The number of benzene rings is 1. The SMILES string of the molecule is O=Cc1c(O)c(CCl)cc2ccsc12. The molecule has 0 radical (unpaired) electrons. The Morgan fingerprint density at radius 2 is 2.36 bits per heavy atom. The topological polar surface area (TPSA) is 37.3 Å². The van der Waals surface area contributed by atoms with Crippen molar-refractivity contribution in [3.05, 3.63) is 28.6 Å². The largest absolute Gasteiger partial charge is 0.507 e. The lowest BCUT2D eigenvalue weighted by molar-refractivity contribution is 0.112. The Balaban J connectivity index is 2.87. The molecule has 0 aliphatic rings. The molecular weight excluding hydrogens is 220 g/mol. The average Bonchev–Trinajstić information content (AvgIpc) is 2.64. The van der Waals surface area contributed by atoms with Gasteiger partial charge in [-0.15, -0.1) is 22.9 Å². The van der Waals surface area contributed by atoms with Crippen molar-refractivity contribution in [3.8, 4) is 5.75 Å². The second-order valence-electron chi connectivity index (χ2n) is 2.89. The molecule has 0 unspecified atom stereocenters. The minimum absolute atomic E-state index is 0.00458. The van der Waals surface area contributed by atoms with E-state index in [9.17, 15) is 9.90 Å². The predicted molar refractivity (Wildman–Crippen MR) is 58.4 cm³/mol. The molecule has 0 atom stereocenters. The first-order valence-electron chi connectivity index (χ1n) is 4.01. The number of hydrogen-bond donors (Lipinski definition) is 1. The van der Waals surface area contributed by atoms with Crippen molar-refractivity contribution in [2.24, 2.45) is 0 Å². The van der Waals surface area contributed by atoms with Gasteiger partial charge in [0.2, 0.25) is 0 Å². The van der Waals surface area contributed by atoms with Crippen LogP contribution >= 0.6 is 22.9 Å². The van der Waals surface area contributed by atoms with E-state index in [-0.39, 0.29) is 11.6 Å². The number of phenols is 1. The van der Waals surface area contributed by atoms with Crippen LogP contribution in [0.25, 0.3) is 10.1 Å². The molecule has 0 aliphatic heterocycles. The maximum absolute atomic E-state index is 10.8. The Kier molecular flexibility index (Phi) is 2.44. The third-order valence-corrected chi connectivity index (χ3v) is 3.34. The van der Waals surface area contributed by atoms with Crippen LogP contribution in [0.15, 0.2) is 17.5 Å². The molecule has 0 amide bonds. The minimum atomic E-state index is 0.00458. The van der Waals surface area contributed by atoms with E-state index < -0.39 is 0 Å². The minimum Gasteiger partial charge on any atom is -0.507 e. The number of alkyl halides is 1. The zero-order valence-corrected chi connectivity index (χ0v) is 8.73. The Bertz CT molecular complexity index is 490. The van der Waals surface area contributed by atoms with Crippen LogP contribution in [0.1, 0.15) is 15.9 Å². The zero-order valence-electron chi connectivity index (χ0n) is 7.16. The first-order valence-corrected chi connectivity index (χ1v) is 5.42. The smallest absolute Gasteiger partial charge is 0.155 e. The number of phenolic OH excluding ortho intramolecular Hbond substituents is 1. The van der Waals surface area contributed by atoms with E-state index in [1.54, 1.807) is 6.07 Å². The van der Waals surface area contributed by atoms with Crippen LogP contribution in [0.4, 0.5) is 0 Å². The highest BCUT2D eigenvalue weighted by Crippen LogP contribution is 2.34. The summed E-state index contributed by atoms with van der Waals surface area (Å²) in [6.45, 7) is 0. The van der Waals surface area contributed by atoms with E-state index >= 15 is 0 Å². The monoisotopic (exact) mass is 226 g/mol. The predicted octanol–water partition coefficient (Wildman–Crippen LogP) is 3.16. The van der Waals surface area contributed by atoms with Crippen molar-refractivity contribution >= 4 is 39.3 Å². The van der Waals surface area contributed by atoms with Gasteiger partial charge in [0.25, 0.3) is 0 Å². The number of aldehydes is 1. The van der Waals surface area contributed by atoms with Crippen LogP contribution in [-0.2, 0) is 5.88 Å². The summed E-state index contributed by atoms with van der Waals surface area (Å²) in [7, 11) is 0. The van der Waals surface area contributed by atoms with Crippen LogP contribution in [0.3, 0.4) is 0 Å². The number of fused-ring (bicyclic) bond motifs is 1. The average molecular weight is 227 g/mol. The van der Waals surface area contributed by atoms with E-state index in [0.717, 1.165) is 10.1 Å². The molecule has 1 N–H and O–H groups in total. The zero-order chi connectivity index (χ0) is 10.1. The third-order valence-electron chi connectivity index (χ3n) is 2.09. The van der Waals surface area contributed by atoms with Crippen molar-refractivity contribution in [1.29, 1.82) is 0 Å². The van der Waals surface area contributed by atoms with Gasteiger partial charge < -0.3 is 5.11 Å². The summed E-state index contributed by atoms with van der Waals surface area (Å²) in [5, 5.41) is 12.5. The molecule has 0 spiro atoms. The van der Waals surface area contributed by atoms with Gasteiger partial charge in [0.15, 0.2) is 6.29 Å². The quantitative estimate of drug-likeness (QED) is 0.631. The summed E-state index contributed by atoms with van der Waals surface area (Å²) in [6.07, 6.45) is 0.671. The summed E-state index contributed by atoms with van der Waals surface area (Å²) in [6, 6.07) is 3.71. The molecule has 14 heavy (non-hydrogen) atoms. The summed E-state index contributed by atoms with van der Waals surface area (Å²) in [5.41, 5.74) is 0.938. The highest BCUT2D eigenvalue weighted by atomic mass is 35.5. The molecule has 0 fully saturated rings. The van der Waals surface area contributed by atoms with Crippen molar-refractivity contribution in [2.75, 3.05) is 0 Å². The summed E-state index contributed by atoms with van der Waals surface area (Å²) in [4.78, 5) is 10.8. The second kappa shape index (κ2) is 3.59. The maximum atomic E-state index is 10.8. The van der Waals surface area contributed by atoms with E-state index in [2.05, 4.69) is 0 Å². The normalized spacial score (nSPS) is 10.6. The Hall–Kier alpha value is -1.06. The number of hydrogen-bond acceptors (Lipinski definition) is 3. The first kappa shape index (κ1) is 9.49. The van der Waals surface area contributed by atoms with Gasteiger partial charge in [0, 0.05) is 10.3 Å². The van der Waals surface area contributed by atoms with Gasteiger partial charge in [-0.25, -0.2) is 0 Å². The molecule has 0 saturated heterocycles. The fraction of sp³-hybridized carbons (Fsp3) is 0.100. The molecule has 2 rings (SSSR count). The molecule has 4 heteroatoms. The van der Waals surface area contributed by atoms with E-state index in [1.807, 2.05) is 11.4 Å². The van der Waals surface area contributed by atoms with Crippen LogP contribution in [0, 0.1) is 0 Å². The van der Waals surface area contributed by atoms with Gasteiger partial charge in [-0.05, 0) is 22.9 Å². The van der Waals surface area contributed by atoms with E-state index in [1.165, 1.54) is 11.3 Å². The highest BCUT2D eigenvalue weighted by Gasteiger charge is 2.12. The fourth-order valence-corrected chi connectivity index (χ4v) is 2.49.